The number of nitrogens with one attached hydrogen (secondary N) is 1. The monoisotopic (exact) mass is 401 g/mol. The van der Waals surface area contributed by atoms with Gasteiger partial charge in [-0.2, -0.15) is 0 Å². The van der Waals surface area contributed by atoms with Gasteiger partial charge in [0.25, 0.3) is 5.91 Å². The van der Waals surface area contributed by atoms with Crippen LogP contribution in [-0.2, 0) is 4.79 Å². The highest BCUT2D eigenvalue weighted by molar-refractivity contribution is 5.81. The van der Waals surface area contributed by atoms with Crippen molar-refractivity contribution in [3.05, 3.63) is 48.0 Å². The lowest BCUT2D eigenvalue weighted by Crippen LogP contribution is -2.39. The zero-order chi connectivity index (χ0) is 21.2. The molecule has 2 aromatic carbocycles. The third-order valence-electron chi connectivity index (χ3n) is 4.41. The number of carbonyl (C=O) groups is 1. The molecule has 1 amide bonds. The van der Waals surface area contributed by atoms with Crippen LogP contribution in [-0.4, -0.2) is 32.3 Å². The highest BCUT2D eigenvalue weighted by atomic mass is 16.5. The molecule has 2 aromatic rings. The molecule has 1 N–H and O–H groups in total. The van der Waals surface area contributed by atoms with Gasteiger partial charge in [0, 0.05) is 6.07 Å². The molecule has 0 bridgehead atoms. The molecular formula is C23H31NO5. The maximum Gasteiger partial charge on any atom is 0.261 e. The SMILES string of the molecule is CCOc1ccc([C@@H](C)NC(=O)[C@H](CC)Oc2cccc(OC)c2)cc1OCC. The third kappa shape index (κ3) is 6.31. The summed E-state index contributed by atoms with van der Waals surface area (Å²) in [5.41, 5.74) is 0.932. The number of ether oxygens (including phenoxy) is 4. The molecule has 6 heteroatoms. The molecule has 0 aliphatic heterocycles. The Balaban J connectivity index is 2.08. The Morgan fingerprint density at radius 2 is 1.66 bits per heavy atom. The number of hydrogen-bond acceptors (Lipinski definition) is 5. The van der Waals surface area contributed by atoms with E-state index in [2.05, 4.69) is 5.32 Å². The Morgan fingerprint density at radius 3 is 2.31 bits per heavy atom. The first-order chi connectivity index (χ1) is 14.0. The van der Waals surface area contributed by atoms with Crippen LogP contribution < -0.4 is 24.3 Å². The summed E-state index contributed by atoms with van der Waals surface area (Å²) in [5, 5.41) is 3.03. The molecule has 0 fully saturated rings. The summed E-state index contributed by atoms with van der Waals surface area (Å²) in [6.07, 6.45) is -0.0536. The van der Waals surface area contributed by atoms with Crippen molar-refractivity contribution < 1.29 is 23.7 Å². The number of methoxy groups -OCH3 is 1. The Hall–Kier alpha value is -2.89. The molecule has 158 valence electrons. The standard InChI is InChI=1S/C23H31NO5/c1-6-20(29-19-11-9-10-18(15-19)26-5)23(25)24-16(4)17-12-13-21(27-7-2)22(14-17)28-8-3/h9-16,20H,6-8H2,1-5H3,(H,24,25)/t16-,20+/m1/s1. The molecule has 0 aliphatic carbocycles. The van der Waals surface area contributed by atoms with E-state index in [0.29, 0.717) is 42.6 Å². The predicted molar refractivity (Wildman–Crippen MR) is 113 cm³/mol. The molecule has 0 spiro atoms. The predicted octanol–water partition coefficient (Wildman–Crippen LogP) is 4.53. The van der Waals surface area contributed by atoms with Crippen LogP contribution in [0.15, 0.2) is 42.5 Å². The number of carbonyl (C=O) groups excluding carboxylic acids is 1. The molecule has 0 aromatic heterocycles. The van der Waals surface area contributed by atoms with Gasteiger partial charge in [-0.05, 0) is 57.0 Å². The van der Waals surface area contributed by atoms with Crippen molar-refractivity contribution in [2.45, 2.75) is 46.3 Å². The fraction of sp³-hybridized carbons (Fsp3) is 0.435. The Kier molecular flexibility index (Phi) is 8.65. The van der Waals surface area contributed by atoms with E-state index < -0.39 is 6.10 Å². The second kappa shape index (κ2) is 11.2. The van der Waals surface area contributed by atoms with Crippen molar-refractivity contribution in [1.82, 2.24) is 5.32 Å². The molecule has 0 heterocycles. The average Bonchev–Trinajstić information content (AvgIpc) is 2.73. The second-order valence-electron chi connectivity index (χ2n) is 6.50. The summed E-state index contributed by atoms with van der Waals surface area (Å²) in [6, 6.07) is 12.7. The Labute approximate surface area is 173 Å². The zero-order valence-electron chi connectivity index (χ0n) is 17.9. The van der Waals surface area contributed by atoms with Crippen molar-refractivity contribution in [3.63, 3.8) is 0 Å². The first-order valence-electron chi connectivity index (χ1n) is 10.0. The lowest BCUT2D eigenvalue weighted by Gasteiger charge is -2.22. The number of rotatable bonds is 11. The van der Waals surface area contributed by atoms with Crippen LogP contribution in [0.3, 0.4) is 0 Å². The minimum absolute atomic E-state index is 0.172. The van der Waals surface area contributed by atoms with E-state index in [1.807, 2.05) is 64.1 Å². The van der Waals surface area contributed by atoms with Gasteiger partial charge in [0.05, 0.1) is 26.4 Å². The van der Waals surface area contributed by atoms with Gasteiger partial charge in [0.2, 0.25) is 0 Å². The highest BCUT2D eigenvalue weighted by Crippen LogP contribution is 2.31. The van der Waals surface area contributed by atoms with Crippen LogP contribution in [0, 0.1) is 0 Å². The van der Waals surface area contributed by atoms with Gasteiger partial charge in [-0.25, -0.2) is 0 Å². The van der Waals surface area contributed by atoms with Gasteiger partial charge in [0.1, 0.15) is 11.5 Å². The molecule has 0 radical (unpaired) electrons. The summed E-state index contributed by atoms with van der Waals surface area (Å²) in [5.74, 6) is 2.48. The normalized spacial score (nSPS) is 12.6. The van der Waals surface area contributed by atoms with Crippen LogP contribution in [0.2, 0.25) is 0 Å². The summed E-state index contributed by atoms with van der Waals surface area (Å²) in [7, 11) is 1.60. The average molecular weight is 402 g/mol. The fourth-order valence-corrected chi connectivity index (χ4v) is 2.89. The molecule has 29 heavy (non-hydrogen) atoms. The van der Waals surface area contributed by atoms with Gasteiger partial charge in [-0.15, -0.1) is 0 Å². The first kappa shape index (κ1) is 22.4. The smallest absolute Gasteiger partial charge is 0.261 e. The maximum atomic E-state index is 12.8. The first-order valence-corrected chi connectivity index (χ1v) is 10.0. The quantitative estimate of drug-likeness (QED) is 0.599. The van der Waals surface area contributed by atoms with Crippen molar-refractivity contribution in [2.75, 3.05) is 20.3 Å². The van der Waals surface area contributed by atoms with E-state index in [4.69, 9.17) is 18.9 Å². The number of amides is 1. The topological polar surface area (TPSA) is 66.0 Å². The van der Waals surface area contributed by atoms with Crippen LogP contribution in [0.25, 0.3) is 0 Å². The fourth-order valence-electron chi connectivity index (χ4n) is 2.89. The van der Waals surface area contributed by atoms with Crippen molar-refractivity contribution >= 4 is 5.91 Å². The van der Waals surface area contributed by atoms with Crippen molar-refractivity contribution in [3.8, 4) is 23.0 Å². The van der Waals surface area contributed by atoms with Crippen LogP contribution in [0.4, 0.5) is 0 Å². The van der Waals surface area contributed by atoms with Gasteiger partial charge in [-0.1, -0.05) is 19.1 Å². The van der Waals surface area contributed by atoms with Gasteiger partial charge < -0.3 is 24.3 Å². The lowest BCUT2D eigenvalue weighted by atomic mass is 10.1. The molecule has 6 nitrogen and oxygen atoms in total. The largest absolute Gasteiger partial charge is 0.497 e. The summed E-state index contributed by atoms with van der Waals surface area (Å²) >= 11 is 0. The van der Waals surface area contributed by atoms with Crippen LogP contribution in [0.1, 0.15) is 45.7 Å². The summed E-state index contributed by atoms with van der Waals surface area (Å²) < 4.78 is 22.4. The molecule has 2 rings (SSSR count). The molecule has 0 saturated carbocycles. The minimum atomic E-state index is -0.599. The van der Waals surface area contributed by atoms with Crippen molar-refractivity contribution in [2.24, 2.45) is 0 Å². The minimum Gasteiger partial charge on any atom is -0.497 e. The van der Waals surface area contributed by atoms with Crippen LogP contribution >= 0.6 is 0 Å². The van der Waals surface area contributed by atoms with Gasteiger partial charge in [-0.3, -0.25) is 4.79 Å². The summed E-state index contributed by atoms with van der Waals surface area (Å²) in [6.45, 7) is 8.80. The number of benzene rings is 2. The molecule has 0 unspecified atom stereocenters. The van der Waals surface area contributed by atoms with E-state index >= 15 is 0 Å². The van der Waals surface area contributed by atoms with E-state index in [1.165, 1.54) is 0 Å². The van der Waals surface area contributed by atoms with Gasteiger partial charge >= 0.3 is 0 Å². The molecule has 2 atom stereocenters. The van der Waals surface area contributed by atoms with E-state index in [1.54, 1.807) is 13.2 Å². The van der Waals surface area contributed by atoms with E-state index in [9.17, 15) is 4.79 Å². The Morgan fingerprint density at radius 1 is 0.966 bits per heavy atom. The highest BCUT2D eigenvalue weighted by Gasteiger charge is 2.21. The molecule has 0 saturated heterocycles. The second-order valence-corrected chi connectivity index (χ2v) is 6.50. The van der Waals surface area contributed by atoms with Crippen LogP contribution in [0.5, 0.6) is 23.0 Å². The molecule has 0 aliphatic rings. The Bertz CT molecular complexity index is 793. The molecular weight excluding hydrogens is 370 g/mol. The maximum absolute atomic E-state index is 12.8. The zero-order valence-corrected chi connectivity index (χ0v) is 17.9. The van der Waals surface area contributed by atoms with Crippen molar-refractivity contribution in [1.29, 1.82) is 0 Å². The lowest BCUT2D eigenvalue weighted by molar-refractivity contribution is -0.128. The number of hydrogen-bond donors (Lipinski definition) is 1. The van der Waals surface area contributed by atoms with E-state index in [-0.39, 0.29) is 11.9 Å². The van der Waals surface area contributed by atoms with E-state index in [0.717, 1.165) is 5.56 Å². The van der Waals surface area contributed by atoms with Gasteiger partial charge in [0.15, 0.2) is 17.6 Å². The third-order valence-corrected chi connectivity index (χ3v) is 4.41. The summed E-state index contributed by atoms with van der Waals surface area (Å²) in [4.78, 5) is 12.8.